The number of rotatable bonds is 5. The molecule has 0 saturated heterocycles. The molecule has 7 heteroatoms. The normalized spacial score (nSPS) is 13.0. The number of nitrogens with zero attached hydrogens (tertiary/aromatic N) is 1. The van der Waals surface area contributed by atoms with Gasteiger partial charge < -0.3 is 4.74 Å². The van der Waals surface area contributed by atoms with Gasteiger partial charge in [0.05, 0.1) is 11.4 Å². The Bertz CT molecular complexity index is 905. The number of thiocarbonyl (C=S) groups is 1. The zero-order valence-corrected chi connectivity index (χ0v) is 17.2. The summed E-state index contributed by atoms with van der Waals surface area (Å²) in [7, 11) is -1.60. The first kappa shape index (κ1) is 21.3. The van der Waals surface area contributed by atoms with Crippen LogP contribution in [-0.4, -0.2) is 26.8 Å². The van der Waals surface area contributed by atoms with Crippen molar-refractivity contribution in [3.8, 4) is 11.1 Å². The van der Waals surface area contributed by atoms with E-state index in [4.69, 9.17) is 17.0 Å². The SMILES string of the molecule is CCOC(=S)c1ccccc1-c1c(F)ccc(F)c1/C=N/S(=O)C(C)(C)C. The summed E-state index contributed by atoms with van der Waals surface area (Å²) in [5.74, 6) is -1.30. The average molecular weight is 410 g/mol. The predicted octanol–water partition coefficient (Wildman–Crippen LogP) is 5.22. The van der Waals surface area contributed by atoms with Gasteiger partial charge in [-0.05, 0) is 63.7 Å². The second-order valence-electron chi connectivity index (χ2n) is 6.68. The molecule has 0 radical (unpaired) electrons. The molecule has 0 N–H and O–H groups in total. The molecule has 144 valence electrons. The van der Waals surface area contributed by atoms with Gasteiger partial charge in [0.25, 0.3) is 0 Å². The molecule has 1 atom stereocenters. The van der Waals surface area contributed by atoms with Gasteiger partial charge in [0.15, 0.2) is 5.05 Å². The van der Waals surface area contributed by atoms with E-state index >= 15 is 0 Å². The Morgan fingerprint density at radius 1 is 1.19 bits per heavy atom. The summed E-state index contributed by atoms with van der Waals surface area (Å²) in [6, 6.07) is 8.82. The fraction of sp³-hybridized carbons (Fsp3) is 0.300. The molecule has 0 amide bonds. The van der Waals surface area contributed by atoms with Crippen LogP contribution in [0.2, 0.25) is 0 Å². The minimum absolute atomic E-state index is 0.00214. The highest BCUT2D eigenvalue weighted by Gasteiger charge is 2.21. The van der Waals surface area contributed by atoms with Gasteiger partial charge in [-0.25, -0.2) is 13.0 Å². The molecule has 0 heterocycles. The van der Waals surface area contributed by atoms with Gasteiger partial charge in [0.1, 0.15) is 22.6 Å². The zero-order valence-electron chi connectivity index (χ0n) is 15.6. The van der Waals surface area contributed by atoms with Crippen LogP contribution < -0.4 is 0 Å². The van der Waals surface area contributed by atoms with Crippen LogP contribution in [0.1, 0.15) is 38.8 Å². The zero-order chi connectivity index (χ0) is 20.2. The average Bonchev–Trinajstić information content (AvgIpc) is 2.61. The summed E-state index contributed by atoms with van der Waals surface area (Å²) in [6.07, 6.45) is 1.12. The summed E-state index contributed by atoms with van der Waals surface area (Å²) >= 11 is 5.26. The van der Waals surface area contributed by atoms with Crippen molar-refractivity contribution in [2.75, 3.05) is 6.61 Å². The van der Waals surface area contributed by atoms with Crippen molar-refractivity contribution >= 4 is 34.5 Å². The Kier molecular flexibility index (Phi) is 6.95. The van der Waals surface area contributed by atoms with Crippen molar-refractivity contribution in [2.45, 2.75) is 32.4 Å². The van der Waals surface area contributed by atoms with Crippen molar-refractivity contribution in [1.29, 1.82) is 0 Å². The minimum atomic E-state index is -1.60. The standard InChI is InChI=1S/C20H21F2NO2S2/c1-5-25-19(26)14-9-7-6-8-13(14)18-15(16(21)10-11-17(18)22)12-23-27(24)20(2,3)4/h6-12H,5H2,1-4H3/b23-12+. The van der Waals surface area contributed by atoms with Crippen LogP contribution in [0.3, 0.4) is 0 Å². The van der Waals surface area contributed by atoms with E-state index < -0.39 is 27.4 Å². The second kappa shape index (κ2) is 8.80. The lowest BCUT2D eigenvalue weighted by atomic mass is 9.95. The Balaban J connectivity index is 2.66. The lowest BCUT2D eigenvalue weighted by Gasteiger charge is -2.15. The van der Waals surface area contributed by atoms with Crippen LogP contribution in [0.25, 0.3) is 11.1 Å². The molecule has 0 aliphatic heterocycles. The third-order valence-corrected chi connectivity index (χ3v) is 5.32. The van der Waals surface area contributed by atoms with Crippen molar-refractivity contribution in [2.24, 2.45) is 4.40 Å². The van der Waals surface area contributed by atoms with Gasteiger partial charge in [-0.1, -0.05) is 18.2 Å². The summed E-state index contributed by atoms with van der Waals surface area (Å²) in [5.41, 5.74) is 0.781. The van der Waals surface area contributed by atoms with E-state index in [9.17, 15) is 13.0 Å². The van der Waals surface area contributed by atoms with Crippen LogP contribution in [0.15, 0.2) is 40.8 Å². The van der Waals surface area contributed by atoms with E-state index in [-0.39, 0.29) is 16.2 Å². The van der Waals surface area contributed by atoms with Gasteiger partial charge in [-0.2, -0.15) is 4.40 Å². The van der Waals surface area contributed by atoms with Crippen LogP contribution in [-0.2, 0) is 15.7 Å². The minimum Gasteiger partial charge on any atom is -0.483 e. The van der Waals surface area contributed by atoms with Gasteiger partial charge >= 0.3 is 0 Å². The van der Waals surface area contributed by atoms with Crippen LogP contribution in [0.4, 0.5) is 8.78 Å². The van der Waals surface area contributed by atoms with Gasteiger partial charge in [-0.3, -0.25) is 0 Å². The van der Waals surface area contributed by atoms with Crippen molar-refractivity contribution in [3.05, 3.63) is 59.2 Å². The first-order valence-electron chi connectivity index (χ1n) is 8.37. The highest BCUT2D eigenvalue weighted by atomic mass is 32.2. The monoisotopic (exact) mass is 409 g/mol. The Labute approximate surface area is 166 Å². The summed E-state index contributed by atoms with van der Waals surface area (Å²) in [6.45, 7) is 7.40. The summed E-state index contributed by atoms with van der Waals surface area (Å²) in [5, 5.41) is 0.193. The summed E-state index contributed by atoms with van der Waals surface area (Å²) < 4.78 is 50.1. The Morgan fingerprint density at radius 2 is 1.81 bits per heavy atom. The molecule has 2 aromatic carbocycles. The van der Waals surface area contributed by atoms with E-state index in [1.165, 1.54) is 0 Å². The number of ether oxygens (including phenoxy) is 1. The third-order valence-electron chi connectivity index (χ3n) is 3.63. The molecular formula is C20H21F2NO2S2. The highest BCUT2D eigenvalue weighted by molar-refractivity contribution is 7.85. The van der Waals surface area contributed by atoms with E-state index in [1.807, 2.05) is 0 Å². The van der Waals surface area contributed by atoms with Gasteiger partial charge in [-0.15, -0.1) is 0 Å². The molecule has 0 aromatic heterocycles. The lowest BCUT2D eigenvalue weighted by molar-refractivity contribution is 0.338. The first-order chi connectivity index (χ1) is 12.7. The maximum Gasteiger partial charge on any atom is 0.191 e. The van der Waals surface area contributed by atoms with Crippen molar-refractivity contribution in [1.82, 2.24) is 0 Å². The molecule has 0 bridgehead atoms. The first-order valence-corrected chi connectivity index (χ1v) is 9.89. The topological polar surface area (TPSA) is 38.7 Å². The number of halogens is 2. The maximum atomic E-state index is 14.7. The van der Waals surface area contributed by atoms with Crippen LogP contribution in [0, 0.1) is 11.6 Å². The quantitative estimate of drug-likeness (QED) is 0.502. The molecule has 27 heavy (non-hydrogen) atoms. The van der Waals surface area contributed by atoms with E-state index in [0.29, 0.717) is 17.7 Å². The molecule has 3 nitrogen and oxygen atoms in total. The molecule has 2 rings (SSSR count). The van der Waals surface area contributed by atoms with Gasteiger partial charge in [0, 0.05) is 22.9 Å². The number of hydrogen-bond acceptors (Lipinski definition) is 3. The van der Waals surface area contributed by atoms with Crippen LogP contribution >= 0.6 is 12.2 Å². The lowest BCUT2D eigenvalue weighted by Crippen LogP contribution is -2.19. The molecule has 2 aromatic rings. The molecule has 0 spiro atoms. The molecule has 0 saturated carbocycles. The Morgan fingerprint density at radius 3 is 2.44 bits per heavy atom. The molecule has 0 fully saturated rings. The second-order valence-corrected chi connectivity index (χ2v) is 8.98. The fourth-order valence-electron chi connectivity index (χ4n) is 2.31. The number of benzene rings is 2. The Hall–Kier alpha value is -1.99. The fourth-order valence-corrected chi connectivity index (χ4v) is 3.13. The molecule has 1 unspecified atom stereocenters. The molecule has 0 aliphatic carbocycles. The van der Waals surface area contributed by atoms with Crippen molar-refractivity contribution < 1.29 is 17.7 Å². The summed E-state index contributed by atoms with van der Waals surface area (Å²) in [4.78, 5) is 0. The third kappa shape index (κ3) is 5.05. The smallest absolute Gasteiger partial charge is 0.191 e. The molecular weight excluding hydrogens is 388 g/mol. The van der Waals surface area contributed by atoms with E-state index in [2.05, 4.69) is 4.40 Å². The van der Waals surface area contributed by atoms with Gasteiger partial charge in [0.2, 0.25) is 0 Å². The van der Waals surface area contributed by atoms with E-state index in [1.54, 1.807) is 52.0 Å². The molecule has 0 aliphatic rings. The number of hydrogen-bond donors (Lipinski definition) is 0. The largest absolute Gasteiger partial charge is 0.483 e. The van der Waals surface area contributed by atoms with E-state index in [0.717, 1.165) is 18.3 Å². The maximum absolute atomic E-state index is 14.7. The highest BCUT2D eigenvalue weighted by Crippen LogP contribution is 2.31. The van der Waals surface area contributed by atoms with Crippen LogP contribution in [0.5, 0.6) is 0 Å². The predicted molar refractivity (Wildman–Crippen MR) is 111 cm³/mol. The van der Waals surface area contributed by atoms with Crippen molar-refractivity contribution in [3.63, 3.8) is 0 Å².